The Bertz CT molecular complexity index is 4110. The summed E-state index contributed by atoms with van der Waals surface area (Å²) in [5.74, 6) is 0. The van der Waals surface area contributed by atoms with Crippen molar-refractivity contribution in [1.82, 2.24) is 0 Å². The number of hydrogen-bond donors (Lipinski definition) is 0. The lowest BCUT2D eigenvalue weighted by Crippen LogP contribution is -2.28. The van der Waals surface area contributed by atoms with Crippen molar-refractivity contribution in [3.63, 3.8) is 0 Å². The molecule has 0 saturated heterocycles. The minimum Gasteiger partial charge on any atom is -0.454 e. The molecule has 0 fully saturated rings. The summed E-state index contributed by atoms with van der Waals surface area (Å²) < 4.78 is 6.84. The number of hydrogen-bond acceptors (Lipinski definition) is 2. The molecule has 13 aromatic rings. The smallest absolute Gasteiger partial charge is 0.159 e. The molecule has 1 aromatic heterocycles. The van der Waals surface area contributed by atoms with E-state index in [1.165, 1.54) is 77.5 Å². The summed E-state index contributed by atoms with van der Waals surface area (Å²) in [5, 5.41) is 4.73. The van der Waals surface area contributed by atoms with Gasteiger partial charge >= 0.3 is 0 Å². The fourth-order valence-corrected chi connectivity index (χ4v) is 11.8. The molecule has 14 rings (SSSR count). The van der Waals surface area contributed by atoms with Crippen LogP contribution in [0.3, 0.4) is 0 Å². The van der Waals surface area contributed by atoms with E-state index in [9.17, 15) is 0 Å². The van der Waals surface area contributed by atoms with Crippen LogP contribution in [0.15, 0.2) is 290 Å². The van der Waals surface area contributed by atoms with E-state index in [1.807, 2.05) is 6.07 Å². The van der Waals surface area contributed by atoms with Gasteiger partial charge in [0.15, 0.2) is 5.58 Å². The molecule has 0 aliphatic heterocycles. The lowest BCUT2D eigenvalue weighted by Gasteiger charge is -2.34. The van der Waals surface area contributed by atoms with Gasteiger partial charge in [-0.15, -0.1) is 0 Å². The molecule has 342 valence electrons. The van der Waals surface area contributed by atoms with E-state index in [2.05, 4.69) is 284 Å². The maximum Gasteiger partial charge on any atom is 0.159 e. The van der Waals surface area contributed by atoms with Gasteiger partial charge in [0.05, 0.1) is 16.8 Å². The fraction of sp³-hybridized carbons (Fsp3) is 0.0141. The first kappa shape index (κ1) is 42.4. The molecule has 0 N–H and O–H groups in total. The van der Waals surface area contributed by atoms with Crippen molar-refractivity contribution >= 4 is 49.8 Å². The molecule has 0 unspecified atom stereocenters. The SMILES string of the molecule is c1ccc(C2(c3ccccc3)c3ccccc3-c3c(N(c4ccc(-c5ccc(-c6ccc(-c7ccc(-c8cccc9ccccc89)cc7)cc6)cc5)cc4)c4cccc5c4oc4ccccc45)cccc32)cc1. The Morgan fingerprint density at radius 3 is 1.37 bits per heavy atom. The van der Waals surface area contributed by atoms with Crippen molar-refractivity contribution in [2.24, 2.45) is 0 Å². The maximum absolute atomic E-state index is 6.84. The van der Waals surface area contributed by atoms with Crippen LogP contribution in [-0.2, 0) is 5.41 Å². The molecule has 73 heavy (non-hydrogen) atoms. The average molecular weight is 930 g/mol. The second-order valence-electron chi connectivity index (χ2n) is 19.1. The minimum atomic E-state index is -0.537. The zero-order chi connectivity index (χ0) is 48.3. The first-order valence-electron chi connectivity index (χ1n) is 25.2. The number of fused-ring (bicyclic) bond motifs is 7. The van der Waals surface area contributed by atoms with E-state index in [0.29, 0.717) is 0 Å². The first-order chi connectivity index (χ1) is 36.2. The molecule has 2 nitrogen and oxygen atoms in total. The summed E-state index contributed by atoms with van der Waals surface area (Å²) >= 11 is 0. The number of nitrogens with zero attached hydrogens (tertiary/aromatic N) is 1. The van der Waals surface area contributed by atoms with E-state index in [-0.39, 0.29) is 0 Å². The van der Waals surface area contributed by atoms with Crippen molar-refractivity contribution in [3.8, 4) is 55.6 Å². The van der Waals surface area contributed by atoms with Crippen molar-refractivity contribution < 1.29 is 4.42 Å². The van der Waals surface area contributed by atoms with Gasteiger partial charge in [0, 0.05) is 22.0 Å². The molecule has 2 heteroatoms. The molecule has 1 aliphatic carbocycles. The van der Waals surface area contributed by atoms with Gasteiger partial charge < -0.3 is 9.32 Å². The van der Waals surface area contributed by atoms with Crippen LogP contribution in [0.2, 0.25) is 0 Å². The Morgan fingerprint density at radius 2 is 0.726 bits per heavy atom. The Morgan fingerprint density at radius 1 is 0.288 bits per heavy atom. The Kier molecular flexibility index (Phi) is 10.1. The highest BCUT2D eigenvalue weighted by Crippen LogP contribution is 2.60. The highest BCUT2D eigenvalue weighted by Gasteiger charge is 2.47. The number of furan rings is 1. The third-order valence-electron chi connectivity index (χ3n) is 15.2. The lowest BCUT2D eigenvalue weighted by molar-refractivity contribution is 0.669. The largest absolute Gasteiger partial charge is 0.454 e. The van der Waals surface area contributed by atoms with Crippen molar-refractivity contribution in [1.29, 1.82) is 0 Å². The Hall–Kier alpha value is -9.50. The highest BCUT2D eigenvalue weighted by atomic mass is 16.3. The van der Waals surface area contributed by atoms with E-state index < -0.39 is 5.41 Å². The molecule has 0 bridgehead atoms. The van der Waals surface area contributed by atoms with E-state index in [1.54, 1.807) is 0 Å². The quantitative estimate of drug-likeness (QED) is 0.143. The number of rotatable bonds is 9. The summed E-state index contributed by atoms with van der Waals surface area (Å²) in [6.45, 7) is 0. The van der Waals surface area contributed by atoms with Gasteiger partial charge in [-0.05, 0) is 113 Å². The van der Waals surface area contributed by atoms with Gasteiger partial charge in [-0.25, -0.2) is 0 Å². The Balaban J connectivity index is 0.828. The average Bonchev–Trinajstić information content (AvgIpc) is 4.01. The predicted octanol–water partition coefficient (Wildman–Crippen LogP) is 19.2. The van der Waals surface area contributed by atoms with Gasteiger partial charge in [-0.1, -0.05) is 255 Å². The standard InChI is InChI=1S/C71H47NO/c1-3-18-56(19-4-1)71(57-20-5-2-6-21-57)64-27-11-9-24-63(64)69-65(71)28-15-29-66(69)72(67-30-14-26-62-61-23-10-12-31-68(61)73-70(62)67)58-46-44-53(45-47-58)51-38-36-49(37-39-51)48-32-34-50(35-33-48)52-40-42-55(43-41-52)60-25-13-17-54-16-7-8-22-59(54)60/h1-47H. The summed E-state index contributed by atoms with van der Waals surface area (Å²) in [6.07, 6.45) is 0. The van der Waals surface area contributed by atoms with Crippen molar-refractivity contribution in [2.45, 2.75) is 5.41 Å². The molecule has 0 saturated carbocycles. The zero-order valence-corrected chi connectivity index (χ0v) is 40.0. The third kappa shape index (κ3) is 6.94. The van der Waals surface area contributed by atoms with Crippen LogP contribution in [0.4, 0.5) is 17.1 Å². The van der Waals surface area contributed by atoms with Gasteiger partial charge in [0.1, 0.15) is 5.58 Å². The monoisotopic (exact) mass is 929 g/mol. The molecule has 1 aliphatic rings. The molecule has 1 heterocycles. The van der Waals surface area contributed by atoms with E-state index in [4.69, 9.17) is 4.42 Å². The second kappa shape index (κ2) is 17.4. The summed E-state index contributed by atoms with van der Waals surface area (Å²) in [4.78, 5) is 2.42. The van der Waals surface area contributed by atoms with Crippen LogP contribution in [0.5, 0.6) is 0 Å². The predicted molar refractivity (Wildman–Crippen MR) is 305 cm³/mol. The number of benzene rings is 12. The molecule has 0 spiro atoms. The molecule has 0 amide bonds. The molecule has 12 aromatic carbocycles. The topological polar surface area (TPSA) is 16.4 Å². The van der Waals surface area contributed by atoms with Crippen molar-refractivity contribution in [2.75, 3.05) is 4.90 Å². The van der Waals surface area contributed by atoms with Crippen LogP contribution in [-0.4, -0.2) is 0 Å². The number of para-hydroxylation sites is 2. The summed E-state index contributed by atoms with van der Waals surface area (Å²) in [7, 11) is 0. The van der Waals surface area contributed by atoms with Crippen LogP contribution < -0.4 is 4.90 Å². The van der Waals surface area contributed by atoms with Crippen molar-refractivity contribution in [3.05, 3.63) is 307 Å². The summed E-state index contributed by atoms with van der Waals surface area (Å²) in [6, 6.07) is 104. The minimum absolute atomic E-state index is 0.537. The number of anilines is 3. The van der Waals surface area contributed by atoms with Gasteiger partial charge in [0.2, 0.25) is 0 Å². The van der Waals surface area contributed by atoms with E-state index in [0.717, 1.165) is 50.1 Å². The van der Waals surface area contributed by atoms with Gasteiger partial charge in [-0.2, -0.15) is 0 Å². The zero-order valence-electron chi connectivity index (χ0n) is 40.0. The van der Waals surface area contributed by atoms with Gasteiger partial charge in [0.25, 0.3) is 0 Å². The maximum atomic E-state index is 6.84. The van der Waals surface area contributed by atoms with Crippen LogP contribution in [0.25, 0.3) is 88.3 Å². The van der Waals surface area contributed by atoms with Crippen LogP contribution in [0, 0.1) is 0 Å². The second-order valence-corrected chi connectivity index (χ2v) is 19.1. The van der Waals surface area contributed by atoms with Crippen LogP contribution >= 0.6 is 0 Å². The molecule has 0 atom stereocenters. The lowest BCUT2D eigenvalue weighted by atomic mass is 9.68. The van der Waals surface area contributed by atoms with E-state index >= 15 is 0 Å². The molecular formula is C71H47NO. The fourth-order valence-electron chi connectivity index (χ4n) is 11.8. The normalized spacial score (nSPS) is 12.5. The van der Waals surface area contributed by atoms with Gasteiger partial charge in [-0.3, -0.25) is 0 Å². The first-order valence-corrected chi connectivity index (χ1v) is 25.2. The highest BCUT2D eigenvalue weighted by molar-refractivity contribution is 6.11. The summed E-state index contributed by atoms with van der Waals surface area (Å²) in [5.41, 5.74) is 21.3. The van der Waals surface area contributed by atoms with Crippen LogP contribution in [0.1, 0.15) is 22.3 Å². The molecule has 0 radical (unpaired) electrons. The third-order valence-corrected chi connectivity index (χ3v) is 15.2. The molecular weight excluding hydrogens is 883 g/mol. The Labute approximate surface area is 425 Å².